The Bertz CT molecular complexity index is 1080. The number of hydrogen-bond donors (Lipinski definition) is 2. The van der Waals surface area contributed by atoms with E-state index in [0.29, 0.717) is 36.4 Å². The molecule has 0 aliphatic carbocycles. The summed E-state index contributed by atoms with van der Waals surface area (Å²) >= 11 is 1.39. The molecule has 3 rings (SSSR count). The Balaban J connectivity index is 1.62. The molecule has 178 valence electrons. The Morgan fingerprint density at radius 2 is 1.94 bits per heavy atom. The van der Waals surface area contributed by atoms with Crippen molar-refractivity contribution in [3.05, 3.63) is 23.3 Å². The van der Waals surface area contributed by atoms with E-state index < -0.39 is 0 Å². The van der Waals surface area contributed by atoms with E-state index in [1.807, 2.05) is 52.9 Å². The maximum Gasteiger partial charge on any atom is 0.321 e. The molecule has 0 fully saturated rings. The van der Waals surface area contributed by atoms with Gasteiger partial charge >= 0.3 is 6.03 Å². The normalized spacial score (nSPS) is 11.1. The zero-order chi connectivity index (χ0) is 24.0. The van der Waals surface area contributed by atoms with Crippen molar-refractivity contribution < 1.29 is 4.79 Å². The van der Waals surface area contributed by atoms with Crippen LogP contribution >= 0.6 is 11.3 Å². The number of aromatic nitrogens is 7. The van der Waals surface area contributed by atoms with Crippen LogP contribution in [0.25, 0.3) is 10.6 Å². The highest BCUT2D eigenvalue weighted by molar-refractivity contribution is 7.19. The predicted octanol–water partition coefficient (Wildman–Crippen LogP) is 1.59. The largest absolute Gasteiger partial charge is 0.343 e. The van der Waals surface area contributed by atoms with Crippen LogP contribution in [0.2, 0.25) is 0 Å². The zero-order valence-corrected chi connectivity index (χ0v) is 20.8. The molecule has 3 aromatic rings. The quantitative estimate of drug-likeness (QED) is 0.451. The second kappa shape index (κ2) is 11.1. The molecule has 0 atom stereocenters. The Labute approximate surface area is 197 Å². The summed E-state index contributed by atoms with van der Waals surface area (Å²) in [4.78, 5) is 32.7. The number of carbonyl (C=O) groups is 1. The number of likely N-dealkylation sites (N-methyl/N-ethyl adjacent to an activating group) is 2. The maximum absolute atomic E-state index is 12.3. The Hall–Kier alpha value is -3.19. The summed E-state index contributed by atoms with van der Waals surface area (Å²) in [5, 5.41) is 18.1. The number of aryl methyl sites for hydroxylation is 3. The van der Waals surface area contributed by atoms with E-state index in [4.69, 9.17) is 4.98 Å². The topological polar surface area (TPSA) is 130 Å². The minimum absolute atomic E-state index is 0.332. The minimum atomic E-state index is -0.332. The van der Waals surface area contributed by atoms with E-state index in [2.05, 4.69) is 40.9 Å². The van der Waals surface area contributed by atoms with Gasteiger partial charge in [0.1, 0.15) is 0 Å². The fourth-order valence-electron chi connectivity index (χ4n) is 2.92. The molecule has 12 nitrogen and oxygen atoms in total. The van der Waals surface area contributed by atoms with E-state index in [0.717, 1.165) is 35.0 Å². The molecular formula is C20H31N11OS. The lowest BCUT2D eigenvalue weighted by Gasteiger charge is -2.20. The molecule has 0 unspecified atom stereocenters. The van der Waals surface area contributed by atoms with Crippen molar-refractivity contribution in [2.45, 2.75) is 33.7 Å². The third-order valence-corrected chi connectivity index (χ3v) is 5.82. The molecule has 33 heavy (non-hydrogen) atoms. The number of carbonyl (C=O) groups excluding carboxylic acids is 1. The number of nitrogens with one attached hydrogen (secondary N) is 2. The number of hydrogen-bond acceptors (Lipinski definition) is 10. The average molecular weight is 474 g/mol. The molecule has 13 heteroatoms. The van der Waals surface area contributed by atoms with Crippen LogP contribution in [0.1, 0.15) is 24.1 Å². The fourth-order valence-corrected chi connectivity index (χ4v) is 3.84. The second-order valence-corrected chi connectivity index (χ2v) is 8.88. The van der Waals surface area contributed by atoms with Gasteiger partial charge in [-0.2, -0.15) is 4.80 Å². The lowest BCUT2D eigenvalue weighted by Crippen LogP contribution is -2.30. The fraction of sp³-hybridized carbons (Fsp3) is 0.550. The van der Waals surface area contributed by atoms with Gasteiger partial charge in [-0.15, -0.1) is 10.2 Å². The summed E-state index contributed by atoms with van der Waals surface area (Å²) in [5.74, 6) is 1.26. The molecule has 3 aromatic heterocycles. The van der Waals surface area contributed by atoms with Gasteiger partial charge in [0.15, 0.2) is 11.0 Å². The van der Waals surface area contributed by atoms with Crippen molar-refractivity contribution >= 4 is 28.4 Å². The van der Waals surface area contributed by atoms with Crippen molar-refractivity contribution in [1.82, 2.24) is 45.4 Å². The van der Waals surface area contributed by atoms with Crippen molar-refractivity contribution in [1.29, 1.82) is 0 Å². The van der Waals surface area contributed by atoms with Crippen LogP contribution < -0.4 is 15.5 Å². The third-order valence-electron chi connectivity index (χ3n) is 4.73. The molecule has 0 bridgehead atoms. The number of nitrogens with zero attached hydrogens (tertiary/aromatic N) is 9. The number of thiazole rings is 1. The van der Waals surface area contributed by atoms with Gasteiger partial charge in [0.05, 0.1) is 22.8 Å². The first kappa shape index (κ1) is 24.5. The SMILES string of the molecule is CCn1nnc(CCNC(=O)Nc2nc(C)c(-c3cc(C)nc(N(C)CCN(C)C)n3)s2)n1. The Morgan fingerprint density at radius 1 is 1.15 bits per heavy atom. The van der Waals surface area contributed by atoms with Gasteiger partial charge in [-0.1, -0.05) is 11.3 Å². The molecule has 2 N–H and O–H groups in total. The van der Waals surface area contributed by atoms with Crippen LogP contribution in [-0.2, 0) is 13.0 Å². The molecule has 3 heterocycles. The van der Waals surface area contributed by atoms with E-state index in [9.17, 15) is 4.79 Å². The van der Waals surface area contributed by atoms with Crippen molar-refractivity contribution in [2.75, 3.05) is 51.0 Å². The Kier molecular flexibility index (Phi) is 8.22. The van der Waals surface area contributed by atoms with Gasteiger partial charge in [-0.3, -0.25) is 5.32 Å². The first-order valence-corrected chi connectivity index (χ1v) is 11.6. The summed E-state index contributed by atoms with van der Waals surface area (Å²) in [6.45, 7) is 8.57. The van der Waals surface area contributed by atoms with E-state index in [1.165, 1.54) is 16.1 Å². The second-order valence-electron chi connectivity index (χ2n) is 7.88. The molecule has 0 spiro atoms. The monoisotopic (exact) mass is 473 g/mol. The summed E-state index contributed by atoms with van der Waals surface area (Å²) in [6.07, 6.45) is 0.500. The van der Waals surface area contributed by atoms with Crippen molar-refractivity contribution in [2.24, 2.45) is 0 Å². The highest BCUT2D eigenvalue weighted by Gasteiger charge is 2.16. The maximum atomic E-state index is 12.3. The minimum Gasteiger partial charge on any atom is -0.343 e. The number of amides is 2. The molecule has 0 aromatic carbocycles. The standard InChI is InChI=1S/C20H31N11OS/c1-7-31-27-16(26-28-31)8-9-21-19(32)25-20-23-14(3)17(33-20)15-12-13(2)22-18(24-15)30(6)11-10-29(4)5/h12H,7-11H2,1-6H3,(H2,21,23,25,32). The number of urea groups is 1. The molecular weight excluding hydrogens is 442 g/mol. The van der Waals surface area contributed by atoms with Crippen molar-refractivity contribution in [3.8, 4) is 10.6 Å². The molecule has 2 amide bonds. The molecule has 0 saturated carbocycles. The van der Waals surface area contributed by atoms with E-state index in [-0.39, 0.29) is 6.03 Å². The van der Waals surface area contributed by atoms with Gasteiger partial charge < -0.3 is 15.1 Å². The number of rotatable bonds is 10. The zero-order valence-electron chi connectivity index (χ0n) is 20.0. The lowest BCUT2D eigenvalue weighted by molar-refractivity contribution is 0.252. The van der Waals surface area contributed by atoms with Crippen LogP contribution in [0.15, 0.2) is 6.07 Å². The summed E-state index contributed by atoms with van der Waals surface area (Å²) in [6, 6.07) is 1.60. The summed E-state index contributed by atoms with van der Waals surface area (Å²) < 4.78 is 0. The van der Waals surface area contributed by atoms with Gasteiger partial charge in [-0.25, -0.2) is 19.7 Å². The molecule has 0 aliphatic rings. The van der Waals surface area contributed by atoms with Crippen LogP contribution in [-0.4, -0.2) is 86.9 Å². The van der Waals surface area contributed by atoms with Crippen LogP contribution in [0.3, 0.4) is 0 Å². The highest BCUT2D eigenvalue weighted by Crippen LogP contribution is 2.32. The third kappa shape index (κ3) is 6.89. The van der Waals surface area contributed by atoms with Crippen molar-refractivity contribution in [3.63, 3.8) is 0 Å². The average Bonchev–Trinajstić information content (AvgIpc) is 3.37. The van der Waals surface area contributed by atoms with Crippen LogP contribution in [0.4, 0.5) is 15.9 Å². The molecule has 0 aliphatic heterocycles. The number of anilines is 2. The smallest absolute Gasteiger partial charge is 0.321 e. The van der Waals surface area contributed by atoms with E-state index >= 15 is 0 Å². The van der Waals surface area contributed by atoms with Gasteiger partial charge in [0, 0.05) is 38.8 Å². The summed E-state index contributed by atoms with van der Waals surface area (Å²) in [5.41, 5.74) is 2.47. The van der Waals surface area contributed by atoms with Gasteiger partial charge in [0.25, 0.3) is 0 Å². The van der Waals surface area contributed by atoms with Crippen LogP contribution in [0, 0.1) is 13.8 Å². The highest BCUT2D eigenvalue weighted by atomic mass is 32.1. The van der Waals surface area contributed by atoms with Crippen LogP contribution in [0.5, 0.6) is 0 Å². The Morgan fingerprint density at radius 3 is 2.64 bits per heavy atom. The first-order valence-electron chi connectivity index (χ1n) is 10.8. The first-order chi connectivity index (χ1) is 15.7. The molecule has 0 saturated heterocycles. The lowest BCUT2D eigenvalue weighted by atomic mass is 10.2. The van der Waals surface area contributed by atoms with Gasteiger partial charge in [-0.05, 0) is 46.1 Å². The summed E-state index contributed by atoms with van der Waals surface area (Å²) in [7, 11) is 6.06. The number of tetrazole rings is 1. The van der Waals surface area contributed by atoms with E-state index in [1.54, 1.807) is 0 Å². The van der Waals surface area contributed by atoms with Gasteiger partial charge in [0.2, 0.25) is 5.95 Å². The molecule has 0 radical (unpaired) electrons. The predicted molar refractivity (Wildman–Crippen MR) is 129 cm³/mol.